The Morgan fingerprint density at radius 1 is 0.880 bits per heavy atom. The van der Waals surface area contributed by atoms with Crippen LogP contribution in [0.5, 0.6) is 5.75 Å². The van der Waals surface area contributed by atoms with Crippen LogP contribution in [0.2, 0.25) is 0 Å². The normalized spacial score (nSPS) is 10.8. The van der Waals surface area contributed by atoms with Crippen LogP contribution in [0, 0.1) is 6.92 Å². The maximum absolute atomic E-state index is 12.3. The number of ketones is 1. The maximum Gasteiger partial charge on any atom is 0.336 e. The van der Waals surface area contributed by atoms with E-state index >= 15 is 0 Å². The van der Waals surface area contributed by atoms with Gasteiger partial charge in [0.1, 0.15) is 17.3 Å². The topological polar surface area (TPSA) is 56.5 Å². The van der Waals surface area contributed by atoms with Crippen LogP contribution in [0.15, 0.2) is 77.2 Å². The molecule has 0 atom stereocenters. The lowest BCUT2D eigenvalue weighted by Gasteiger charge is -2.04. The number of aryl methyl sites for hydroxylation is 1. The van der Waals surface area contributed by atoms with Gasteiger partial charge in [-0.05, 0) is 49.4 Å². The van der Waals surface area contributed by atoms with Crippen molar-refractivity contribution in [3.63, 3.8) is 0 Å². The molecule has 0 radical (unpaired) electrons. The van der Waals surface area contributed by atoms with Gasteiger partial charge in [0.15, 0.2) is 5.78 Å². The molecule has 0 bridgehead atoms. The van der Waals surface area contributed by atoms with E-state index < -0.39 is 5.97 Å². The lowest BCUT2D eigenvalue weighted by molar-refractivity contribution is -0.128. The van der Waals surface area contributed by atoms with E-state index in [0.29, 0.717) is 22.6 Å². The first kappa shape index (κ1) is 16.5. The van der Waals surface area contributed by atoms with Crippen molar-refractivity contribution in [2.75, 3.05) is 0 Å². The molecule has 0 aliphatic rings. The number of esters is 1. The minimum Gasteiger partial charge on any atom is -0.462 e. The van der Waals surface area contributed by atoms with E-state index in [1.165, 1.54) is 6.08 Å². The van der Waals surface area contributed by atoms with Crippen LogP contribution in [0.4, 0.5) is 0 Å². The summed E-state index contributed by atoms with van der Waals surface area (Å²) in [7, 11) is 0. The quantitative estimate of drug-likeness (QED) is 0.300. The molecule has 0 aliphatic carbocycles. The second-order valence-electron chi connectivity index (χ2n) is 5.42. The van der Waals surface area contributed by atoms with Crippen molar-refractivity contribution in [1.29, 1.82) is 0 Å². The first-order chi connectivity index (χ1) is 12.1. The van der Waals surface area contributed by atoms with E-state index in [1.807, 2.05) is 31.2 Å². The third kappa shape index (κ3) is 4.32. The molecule has 0 unspecified atom stereocenters. The number of benzene rings is 2. The molecule has 4 heteroatoms. The van der Waals surface area contributed by atoms with Crippen molar-refractivity contribution in [1.82, 2.24) is 0 Å². The molecule has 124 valence electrons. The fourth-order valence-electron chi connectivity index (χ4n) is 2.27. The van der Waals surface area contributed by atoms with E-state index in [2.05, 4.69) is 0 Å². The highest BCUT2D eigenvalue weighted by Crippen LogP contribution is 2.16. The van der Waals surface area contributed by atoms with E-state index in [1.54, 1.807) is 48.5 Å². The molecule has 4 nitrogen and oxygen atoms in total. The van der Waals surface area contributed by atoms with Crippen molar-refractivity contribution in [2.24, 2.45) is 0 Å². The Morgan fingerprint density at radius 2 is 1.56 bits per heavy atom. The number of carbonyl (C=O) groups is 2. The van der Waals surface area contributed by atoms with E-state index in [9.17, 15) is 9.59 Å². The molecule has 0 saturated carbocycles. The fourth-order valence-corrected chi connectivity index (χ4v) is 2.27. The van der Waals surface area contributed by atoms with E-state index in [4.69, 9.17) is 9.15 Å². The van der Waals surface area contributed by atoms with Gasteiger partial charge in [-0.3, -0.25) is 4.79 Å². The summed E-state index contributed by atoms with van der Waals surface area (Å²) < 4.78 is 10.5. The van der Waals surface area contributed by atoms with Crippen molar-refractivity contribution < 1.29 is 18.7 Å². The van der Waals surface area contributed by atoms with Gasteiger partial charge >= 0.3 is 5.97 Å². The summed E-state index contributed by atoms with van der Waals surface area (Å²) in [5, 5.41) is 0. The highest BCUT2D eigenvalue weighted by atomic mass is 16.5. The first-order valence-electron chi connectivity index (χ1n) is 7.78. The third-order valence-electron chi connectivity index (χ3n) is 3.52. The van der Waals surface area contributed by atoms with Crippen molar-refractivity contribution >= 4 is 17.8 Å². The van der Waals surface area contributed by atoms with Gasteiger partial charge in [0.2, 0.25) is 0 Å². The molecule has 0 N–H and O–H groups in total. The Balaban J connectivity index is 1.63. The zero-order chi connectivity index (χ0) is 17.6. The second-order valence-corrected chi connectivity index (χ2v) is 5.42. The first-order valence-corrected chi connectivity index (χ1v) is 7.78. The summed E-state index contributed by atoms with van der Waals surface area (Å²) >= 11 is 0. The largest absolute Gasteiger partial charge is 0.462 e. The summed E-state index contributed by atoms with van der Waals surface area (Å²) in [5.41, 5.74) is 1.15. The Morgan fingerprint density at radius 3 is 2.20 bits per heavy atom. The van der Waals surface area contributed by atoms with Crippen LogP contribution >= 0.6 is 0 Å². The summed E-state index contributed by atoms with van der Waals surface area (Å²) in [5.74, 6) is 1.13. The summed E-state index contributed by atoms with van der Waals surface area (Å²) in [6, 6.07) is 19.1. The molecule has 0 saturated heterocycles. The molecule has 1 aromatic heterocycles. The molecule has 0 fully saturated rings. The second kappa shape index (κ2) is 7.45. The number of hydrogen-bond donors (Lipinski definition) is 0. The number of ether oxygens (including phenoxy) is 1. The average Bonchev–Trinajstić information content (AvgIpc) is 3.06. The predicted molar refractivity (Wildman–Crippen MR) is 94.4 cm³/mol. The van der Waals surface area contributed by atoms with Gasteiger partial charge in [0.25, 0.3) is 0 Å². The minimum absolute atomic E-state index is 0.0773. The smallest absolute Gasteiger partial charge is 0.336 e. The van der Waals surface area contributed by atoms with Crippen molar-refractivity contribution in [3.8, 4) is 5.75 Å². The van der Waals surface area contributed by atoms with Gasteiger partial charge in [0, 0.05) is 17.2 Å². The van der Waals surface area contributed by atoms with Gasteiger partial charge in [-0.2, -0.15) is 0 Å². The SMILES string of the molecule is Cc1ccc(C=CC(=O)Oc2ccc(C(=O)c3ccccc3)cc2)o1. The van der Waals surface area contributed by atoms with E-state index in [-0.39, 0.29) is 5.78 Å². The van der Waals surface area contributed by atoms with Crippen LogP contribution in [0.1, 0.15) is 27.4 Å². The molecular weight excluding hydrogens is 316 g/mol. The van der Waals surface area contributed by atoms with Crippen LogP contribution in [-0.4, -0.2) is 11.8 Å². The fraction of sp³-hybridized carbons (Fsp3) is 0.0476. The zero-order valence-corrected chi connectivity index (χ0v) is 13.6. The van der Waals surface area contributed by atoms with Crippen LogP contribution in [0.25, 0.3) is 6.08 Å². The maximum atomic E-state index is 12.3. The number of hydrogen-bond acceptors (Lipinski definition) is 4. The van der Waals surface area contributed by atoms with Crippen molar-refractivity contribution in [3.05, 3.63) is 95.5 Å². The summed E-state index contributed by atoms with van der Waals surface area (Å²) in [6.07, 6.45) is 2.84. The Hall–Kier alpha value is -3.40. The number of furan rings is 1. The minimum atomic E-state index is -0.517. The molecule has 2 aromatic carbocycles. The van der Waals surface area contributed by atoms with Gasteiger partial charge in [-0.25, -0.2) is 4.79 Å². The van der Waals surface area contributed by atoms with Crippen molar-refractivity contribution in [2.45, 2.75) is 6.92 Å². The average molecular weight is 332 g/mol. The predicted octanol–water partition coefficient (Wildman–Crippen LogP) is 4.44. The molecule has 3 aromatic rings. The Labute approximate surface area is 145 Å². The lowest BCUT2D eigenvalue weighted by Crippen LogP contribution is -2.05. The van der Waals surface area contributed by atoms with Gasteiger partial charge < -0.3 is 9.15 Å². The summed E-state index contributed by atoms with van der Waals surface area (Å²) in [4.78, 5) is 24.1. The molecule has 25 heavy (non-hydrogen) atoms. The highest BCUT2D eigenvalue weighted by molar-refractivity contribution is 6.09. The van der Waals surface area contributed by atoms with Gasteiger partial charge in [0.05, 0.1) is 0 Å². The van der Waals surface area contributed by atoms with E-state index in [0.717, 1.165) is 5.76 Å². The monoisotopic (exact) mass is 332 g/mol. The van der Waals surface area contributed by atoms with Gasteiger partial charge in [-0.1, -0.05) is 30.3 Å². The van der Waals surface area contributed by atoms with Crippen LogP contribution in [0.3, 0.4) is 0 Å². The third-order valence-corrected chi connectivity index (χ3v) is 3.52. The lowest BCUT2D eigenvalue weighted by atomic mass is 10.0. The highest BCUT2D eigenvalue weighted by Gasteiger charge is 2.09. The van der Waals surface area contributed by atoms with Crippen LogP contribution in [-0.2, 0) is 4.79 Å². The van der Waals surface area contributed by atoms with Crippen LogP contribution < -0.4 is 4.74 Å². The standard InChI is InChI=1S/C21H16O4/c1-15-7-10-18(24-15)13-14-20(22)25-19-11-8-17(9-12-19)21(23)16-5-3-2-4-6-16/h2-14H,1H3. The summed E-state index contributed by atoms with van der Waals surface area (Å²) in [6.45, 7) is 1.83. The number of carbonyl (C=O) groups excluding carboxylic acids is 2. The Kier molecular flexibility index (Phi) is 4.90. The number of rotatable bonds is 5. The zero-order valence-electron chi connectivity index (χ0n) is 13.6. The molecule has 1 heterocycles. The molecule has 0 aliphatic heterocycles. The molecule has 3 rings (SSSR count). The van der Waals surface area contributed by atoms with Gasteiger partial charge in [-0.15, -0.1) is 0 Å². The molecule has 0 spiro atoms. The molecule has 0 amide bonds. The molecular formula is C21H16O4. The Bertz CT molecular complexity index is 903.